The molecule has 6 nitrogen and oxygen atoms in total. The zero-order chi connectivity index (χ0) is 12.1. The van der Waals surface area contributed by atoms with E-state index in [0.29, 0.717) is 18.3 Å². The van der Waals surface area contributed by atoms with Crippen LogP contribution in [0.3, 0.4) is 0 Å². The van der Waals surface area contributed by atoms with Crippen molar-refractivity contribution in [2.75, 3.05) is 0 Å². The molecule has 0 fully saturated rings. The minimum Gasteiger partial charge on any atom is -0.337 e. The van der Waals surface area contributed by atoms with Crippen molar-refractivity contribution in [3.63, 3.8) is 0 Å². The van der Waals surface area contributed by atoms with Gasteiger partial charge < -0.3 is 4.52 Å². The summed E-state index contributed by atoms with van der Waals surface area (Å²) in [6.07, 6.45) is 4.80. The summed E-state index contributed by atoms with van der Waals surface area (Å²) in [5.74, 6) is 1.65. The van der Waals surface area contributed by atoms with E-state index in [-0.39, 0.29) is 0 Å². The zero-order valence-electron chi connectivity index (χ0n) is 9.64. The minimum absolute atomic E-state index is 0.353. The molecule has 2 heterocycles. The van der Waals surface area contributed by atoms with Crippen molar-refractivity contribution in [2.45, 2.75) is 38.6 Å². The van der Waals surface area contributed by atoms with Crippen LogP contribution in [0.5, 0.6) is 0 Å². The topological polar surface area (TPSA) is 69.6 Å². The highest BCUT2D eigenvalue weighted by Gasteiger charge is 2.08. The third-order valence-corrected chi connectivity index (χ3v) is 2.56. The number of alkyl halides is 1. The van der Waals surface area contributed by atoms with Crippen LogP contribution in [0.1, 0.15) is 37.2 Å². The van der Waals surface area contributed by atoms with Gasteiger partial charge in [-0.15, -0.1) is 16.7 Å². The van der Waals surface area contributed by atoms with Crippen LogP contribution in [0.25, 0.3) is 0 Å². The minimum atomic E-state index is 0.353. The van der Waals surface area contributed by atoms with Gasteiger partial charge in [-0.2, -0.15) is 4.98 Å². The molecule has 0 atom stereocenters. The average Bonchev–Trinajstić information content (AvgIpc) is 2.96. The number of aromatic nitrogens is 5. The first-order valence-electron chi connectivity index (χ1n) is 5.58. The standard InChI is InChI=1S/C10H14ClN5O/c1-2-3-4-9-12-10(17-14-9)7-16-6-8(5-11)13-15-16/h6H,2-5,7H2,1H3. The predicted octanol–water partition coefficient (Wildman–Crippen LogP) is 1.79. The van der Waals surface area contributed by atoms with Gasteiger partial charge in [0.1, 0.15) is 6.54 Å². The van der Waals surface area contributed by atoms with E-state index in [9.17, 15) is 0 Å². The first-order valence-corrected chi connectivity index (χ1v) is 6.11. The van der Waals surface area contributed by atoms with Crippen LogP contribution < -0.4 is 0 Å². The summed E-state index contributed by atoms with van der Waals surface area (Å²) >= 11 is 5.64. The summed E-state index contributed by atoms with van der Waals surface area (Å²) in [6.45, 7) is 2.56. The molecule has 0 radical (unpaired) electrons. The number of nitrogens with zero attached hydrogens (tertiary/aromatic N) is 5. The monoisotopic (exact) mass is 255 g/mol. The summed E-state index contributed by atoms with van der Waals surface area (Å²) in [5, 5.41) is 11.7. The number of rotatable bonds is 6. The smallest absolute Gasteiger partial charge is 0.248 e. The molecule has 0 aliphatic heterocycles. The van der Waals surface area contributed by atoms with Gasteiger partial charge in [-0.3, -0.25) is 0 Å². The fraction of sp³-hybridized carbons (Fsp3) is 0.600. The van der Waals surface area contributed by atoms with Gasteiger partial charge >= 0.3 is 0 Å². The summed E-state index contributed by atoms with van der Waals surface area (Å²) in [7, 11) is 0. The highest BCUT2D eigenvalue weighted by atomic mass is 35.5. The lowest BCUT2D eigenvalue weighted by molar-refractivity contribution is 0.359. The highest BCUT2D eigenvalue weighted by molar-refractivity contribution is 6.16. The van der Waals surface area contributed by atoms with Crippen LogP contribution in [0.2, 0.25) is 0 Å². The highest BCUT2D eigenvalue weighted by Crippen LogP contribution is 2.04. The largest absolute Gasteiger partial charge is 0.337 e. The van der Waals surface area contributed by atoms with Crippen molar-refractivity contribution in [1.82, 2.24) is 25.1 Å². The van der Waals surface area contributed by atoms with Gasteiger partial charge in [0, 0.05) is 6.42 Å². The van der Waals surface area contributed by atoms with E-state index in [4.69, 9.17) is 16.1 Å². The molecule has 2 rings (SSSR count). The molecule has 2 aromatic rings. The SMILES string of the molecule is CCCCc1noc(Cn2cc(CCl)nn2)n1. The molecule has 92 valence electrons. The van der Waals surface area contributed by atoms with Crippen LogP contribution in [0.15, 0.2) is 10.7 Å². The summed E-state index contributed by atoms with van der Waals surface area (Å²) in [6, 6.07) is 0. The van der Waals surface area contributed by atoms with E-state index >= 15 is 0 Å². The van der Waals surface area contributed by atoms with E-state index in [1.165, 1.54) is 0 Å². The molecule has 2 aromatic heterocycles. The summed E-state index contributed by atoms with van der Waals surface area (Å²) in [4.78, 5) is 4.28. The number of hydrogen-bond donors (Lipinski definition) is 0. The Hall–Kier alpha value is -1.43. The average molecular weight is 256 g/mol. The maximum atomic E-state index is 5.64. The van der Waals surface area contributed by atoms with Crippen LogP contribution in [-0.4, -0.2) is 25.1 Å². The van der Waals surface area contributed by atoms with Crippen molar-refractivity contribution < 1.29 is 4.52 Å². The lowest BCUT2D eigenvalue weighted by Crippen LogP contribution is -2.01. The number of aryl methyl sites for hydroxylation is 1. The second-order valence-corrected chi connectivity index (χ2v) is 4.02. The van der Waals surface area contributed by atoms with E-state index in [0.717, 1.165) is 30.8 Å². The van der Waals surface area contributed by atoms with Crippen molar-refractivity contribution in [1.29, 1.82) is 0 Å². The quantitative estimate of drug-likeness (QED) is 0.736. The summed E-state index contributed by atoms with van der Waals surface area (Å²) < 4.78 is 6.76. The van der Waals surface area contributed by atoms with E-state index in [1.54, 1.807) is 10.9 Å². The molecule has 0 amide bonds. The second kappa shape index (κ2) is 5.77. The summed E-state index contributed by atoms with van der Waals surface area (Å²) in [5.41, 5.74) is 0.734. The normalized spacial score (nSPS) is 10.9. The molecule has 0 N–H and O–H groups in total. The van der Waals surface area contributed by atoms with Crippen LogP contribution in [0.4, 0.5) is 0 Å². The Morgan fingerprint density at radius 3 is 3.06 bits per heavy atom. The zero-order valence-corrected chi connectivity index (χ0v) is 10.4. The van der Waals surface area contributed by atoms with Gasteiger partial charge in [0.05, 0.1) is 17.8 Å². The Labute approximate surface area is 104 Å². The number of unbranched alkanes of at least 4 members (excludes halogenated alkanes) is 1. The second-order valence-electron chi connectivity index (χ2n) is 3.75. The molecule has 0 aliphatic rings. The van der Waals surface area contributed by atoms with Gasteiger partial charge in [0.2, 0.25) is 5.89 Å². The molecular formula is C10H14ClN5O. The Morgan fingerprint density at radius 2 is 2.35 bits per heavy atom. The van der Waals surface area contributed by atoms with Gasteiger partial charge in [-0.1, -0.05) is 23.7 Å². The van der Waals surface area contributed by atoms with Crippen LogP contribution in [0, 0.1) is 0 Å². The molecule has 0 saturated heterocycles. The fourth-order valence-electron chi connectivity index (χ4n) is 1.41. The van der Waals surface area contributed by atoms with Crippen LogP contribution >= 0.6 is 11.6 Å². The van der Waals surface area contributed by atoms with Crippen molar-refractivity contribution in [2.24, 2.45) is 0 Å². The third kappa shape index (κ3) is 3.26. The molecule has 0 spiro atoms. The molecule has 0 unspecified atom stereocenters. The van der Waals surface area contributed by atoms with E-state index in [2.05, 4.69) is 27.4 Å². The van der Waals surface area contributed by atoms with Crippen molar-refractivity contribution in [3.8, 4) is 0 Å². The van der Waals surface area contributed by atoms with E-state index < -0.39 is 0 Å². The van der Waals surface area contributed by atoms with Gasteiger partial charge in [0.25, 0.3) is 0 Å². The van der Waals surface area contributed by atoms with Crippen LogP contribution in [-0.2, 0) is 18.8 Å². The first kappa shape index (κ1) is 12.0. The van der Waals surface area contributed by atoms with E-state index in [1.807, 2.05) is 0 Å². The van der Waals surface area contributed by atoms with Crippen molar-refractivity contribution >= 4 is 11.6 Å². The Bertz CT molecular complexity index is 467. The number of halogens is 1. The fourth-order valence-corrected chi connectivity index (χ4v) is 1.53. The molecule has 0 bridgehead atoms. The maximum absolute atomic E-state index is 5.64. The molecule has 17 heavy (non-hydrogen) atoms. The lowest BCUT2D eigenvalue weighted by atomic mass is 10.2. The van der Waals surface area contributed by atoms with Gasteiger partial charge in [-0.25, -0.2) is 4.68 Å². The molecular weight excluding hydrogens is 242 g/mol. The lowest BCUT2D eigenvalue weighted by Gasteiger charge is -1.92. The predicted molar refractivity (Wildman–Crippen MR) is 61.6 cm³/mol. The molecule has 0 aliphatic carbocycles. The first-order chi connectivity index (χ1) is 8.31. The third-order valence-electron chi connectivity index (χ3n) is 2.28. The molecule has 0 saturated carbocycles. The molecule has 7 heteroatoms. The maximum Gasteiger partial charge on any atom is 0.248 e. The van der Waals surface area contributed by atoms with Gasteiger partial charge in [0.15, 0.2) is 5.82 Å². The molecule has 0 aromatic carbocycles. The Morgan fingerprint density at radius 1 is 1.47 bits per heavy atom. The van der Waals surface area contributed by atoms with Crippen molar-refractivity contribution in [3.05, 3.63) is 23.6 Å². The Kier molecular flexibility index (Phi) is 4.08. The van der Waals surface area contributed by atoms with Gasteiger partial charge in [-0.05, 0) is 6.42 Å². The Balaban J connectivity index is 1.96. The number of hydrogen-bond acceptors (Lipinski definition) is 5.